The normalized spacial score (nSPS) is 12.1. The standard InChI is InChI=1S/C15H18N8O/c1-16-13(12-8-18-23(2)9-12)15(24)17-7-10-3-5-11(6-4-10)14-19-21-22-20-14/h3-6,8-9,13,16H,7H2,1-2H3,(H,17,24)(H,19,20,21,22). The number of amides is 1. The predicted octanol–water partition coefficient (Wildman–Crippen LogP) is 0.177. The molecule has 2 heterocycles. The van der Waals surface area contributed by atoms with Crippen molar-refractivity contribution in [3.05, 3.63) is 47.8 Å². The van der Waals surface area contributed by atoms with Gasteiger partial charge < -0.3 is 10.6 Å². The largest absolute Gasteiger partial charge is 0.350 e. The van der Waals surface area contributed by atoms with Crippen molar-refractivity contribution in [1.29, 1.82) is 0 Å². The number of benzene rings is 1. The van der Waals surface area contributed by atoms with E-state index in [1.807, 2.05) is 37.5 Å². The zero-order valence-corrected chi connectivity index (χ0v) is 13.4. The lowest BCUT2D eigenvalue weighted by molar-refractivity contribution is -0.123. The minimum absolute atomic E-state index is 0.104. The van der Waals surface area contributed by atoms with Gasteiger partial charge in [-0.25, -0.2) is 0 Å². The zero-order chi connectivity index (χ0) is 16.9. The van der Waals surface area contributed by atoms with Gasteiger partial charge in [-0.05, 0) is 17.8 Å². The van der Waals surface area contributed by atoms with E-state index in [9.17, 15) is 4.79 Å². The summed E-state index contributed by atoms with van der Waals surface area (Å²) < 4.78 is 1.67. The Bertz CT molecular complexity index is 793. The molecule has 1 atom stereocenters. The highest BCUT2D eigenvalue weighted by atomic mass is 16.2. The van der Waals surface area contributed by atoms with Gasteiger partial charge in [0.1, 0.15) is 6.04 Å². The minimum Gasteiger partial charge on any atom is -0.350 e. The van der Waals surface area contributed by atoms with Crippen LogP contribution in [0.3, 0.4) is 0 Å². The van der Waals surface area contributed by atoms with Gasteiger partial charge in [-0.2, -0.15) is 10.3 Å². The number of hydrogen-bond donors (Lipinski definition) is 3. The van der Waals surface area contributed by atoms with E-state index in [4.69, 9.17) is 0 Å². The van der Waals surface area contributed by atoms with Crippen LogP contribution in [0.15, 0.2) is 36.7 Å². The zero-order valence-electron chi connectivity index (χ0n) is 13.4. The summed E-state index contributed by atoms with van der Waals surface area (Å²) >= 11 is 0. The Morgan fingerprint density at radius 2 is 2.12 bits per heavy atom. The molecule has 3 aromatic rings. The van der Waals surface area contributed by atoms with Crippen LogP contribution in [-0.2, 0) is 18.4 Å². The molecule has 0 aliphatic heterocycles. The number of aromatic amines is 1. The Morgan fingerprint density at radius 1 is 1.33 bits per heavy atom. The third-order valence-electron chi connectivity index (χ3n) is 3.63. The van der Waals surface area contributed by atoms with Crippen LogP contribution in [-0.4, -0.2) is 43.4 Å². The monoisotopic (exact) mass is 326 g/mol. The second-order valence-electron chi connectivity index (χ2n) is 5.32. The molecule has 9 nitrogen and oxygen atoms in total. The van der Waals surface area contributed by atoms with E-state index in [-0.39, 0.29) is 5.91 Å². The molecule has 124 valence electrons. The Balaban J connectivity index is 1.61. The van der Waals surface area contributed by atoms with Crippen LogP contribution in [0.2, 0.25) is 0 Å². The summed E-state index contributed by atoms with van der Waals surface area (Å²) in [5.74, 6) is 0.435. The van der Waals surface area contributed by atoms with Gasteiger partial charge in [0, 0.05) is 30.9 Å². The van der Waals surface area contributed by atoms with E-state index >= 15 is 0 Å². The highest BCUT2D eigenvalue weighted by molar-refractivity contribution is 5.83. The van der Waals surface area contributed by atoms with Gasteiger partial charge in [-0.3, -0.25) is 9.48 Å². The van der Waals surface area contributed by atoms with Crippen molar-refractivity contribution in [2.75, 3.05) is 7.05 Å². The topological polar surface area (TPSA) is 113 Å². The van der Waals surface area contributed by atoms with Crippen molar-refractivity contribution in [2.24, 2.45) is 7.05 Å². The highest BCUT2D eigenvalue weighted by Crippen LogP contribution is 2.15. The van der Waals surface area contributed by atoms with Crippen molar-refractivity contribution in [3.63, 3.8) is 0 Å². The highest BCUT2D eigenvalue weighted by Gasteiger charge is 2.19. The number of tetrazole rings is 1. The summed E-state index contributed by atoms with van der Waals surface area (Å²) in [6.07, 6.45) is 3.50. The summed E-state index contributed by atoms with van der Waals surface area (Å²) in [4.78, 5) is 12.4. The Kier molecular flexibility index (Phi) is 4.62. The van der Waals surface area contributed by atoms with Crippen molar-refractivity contribution in [3.8, 4) is 11.4 Å². The predicted molar refractivity (Wildman–Crippen MR) is 86.5 cm³/mol. The second-order valence-corrected chi connectivity index (χ2v) is 5.32. The summed E-state index contributed by atoms with van der Waals surface area (Å²) in [5, 5.41) is 23.8. The molecule has 0 aliphatic carbocycles. The fourth-order valence-corrected chi connectivity index (χ4v) is 2.39. The van der Waals surface area contributed by atoms with E-state index in [1.54, 1.807) is 17.9 Å². The van der Waals surface area contributed by atoms with Crippen molar-refractivity contribution in [1.82, 2.24) is 41.0 Å². The number of rotatable bonds is 6. The number of carbonyl (C=O) groups excluding carboxylic acids is 1. The first-order valence-electron chi connectivity index (χ1n) is 7.43. The van der Waals surface area contributed by atoms with E-state index in [0.29, 0.717) is 12.4 Å². The van der Waals surface area contributed by atoms with Gasteiger partial charge >= 0.3 is 0 Å². The van der Waals surface area contributed by atoms with E-state index in [2.05, 4.69) is 36.4 Å². The SMILES string of the molecule is CNC(C(=O)NCc1ccc(-c2nn[nH]n2)cc1)c1cnn(C)c1. The molecule has 0 saturated carbocycles. The quantitative estimate of drug-likeness (QED) is 0.595. The maximum atomic E-state index is 12.4. The summed E-state index contributed by atoms with van der Waals surface area (Å²) in [7, 11) is 3.57. The molecular weight excluding hydrogens is 308 g/mol. The van der Waals surface area contributed by atoms with Gasteiger partial charge in [0.25, 0.3) is 0 Å². The van der Waals surface area contributed by atoms with Crippen LogP contribution in [0.1, 0.15) is 17.2 Å². The number of nitrogens with zero attached hydrogens (tertiary/aromatic N) is 5. The first kappa shape index (κ1) is 15.8. The molecule has 1 aromatic carbocycles. The molecule has 24 heavy (non-hydrogen) atoms. The lowest BCUT2D eigenvalue weighted by Gasteiger charge is -2.14. The molecule has 0 fully saturated rings. The van der Waals surface area contributed by atoms with Gasteiger partial charge in [-0.15, -0.1) is 10.2 Å². The van der Waals surface area contributed by atoms with E-state index in [1.165, 1.54) is 0 Å². The van der Waals surface area contributed by atoms with Crippen molar-refractivity contribution < 1.29 is 4.79 Å². The summed E-state index contributed by atoms with van der Waals surface area (Å²) in [5.41, 5.74) is 2.67. The van der Waals surface area contributed by atoms with E-state index in [0.717, 1.165) is 16.7 Å². The first-order chi connectivity index (χ1) is 11.7. The Labute approximate surface area is 138 Å². The van der Waals surface area contributed by atoms with E-state index < -0.39 is 6.04 Å². The van der Waals surface area contributed by atoms with Crippen LogP contribution < -0.4 is 10.6 Å². The van der Waals surface area contributed by atoms with Gasteiger partial charge in [0.15, 0.2) is 0 Å². The average molecular weight is 326 g/mol. The Morgan fingerprint density at radius 3 is 2.71 bits per heavy atom. The first-order valence-corrected chi connectivity index (χ1v) is 7.43. The number of aryl methyl sites for hydroxylation is 1. The molecule has 1 unspecified atom stereocenters. The number of likely N-dealkylation sites (N-methyl/N-ethyl adjacent to an activating group) is 1. The Hall–Kier alpha value is -3.07. The molecule has 3 N–H and O–H groups in total. The molecule has 1 amide bonds. The number of H-pyrrole nitrogens is 1. The minimum atomic E-state index is -0.433. The maximum Gasteiger partial charge on any atom is 0.242 e. The van der Waals surface area contributed by atoms with Crippen LogP contribution >= 0.6 is 0 Å². The second kappa shape index (κ2) is 7.01. The fraction of sp³-hybridized carbons (Fsp3) is 0.267. The summed E-state index contributed by atoms with van der Waals surface area (Å²) in [6, 6.07) is 7.19. The maximum absolute atomic E-state index is 12.4. The summed E-state index contributed by atoms with van der Waals surface area (Å²) in [6.45, 7) is 0.434. The van der Waals surface area contributed by atoms with Crippen LogP contribution in [0.4, 0.5) is 0 Å². The molecule has 9 heteroatoms. The molecular formula is C15H18N8O. The van der Waals surface area contributed by atoms with Crippen molar-refractivity contribution in [2.45, 2.75) is 12.6 Å². The molecule has 3 rings (SSSR count). The molecule has 0 spiro atoms. The lowest BCUT2D eigenvalue weighted by atomic mass is 10.1. The number of aromatic nitrogens is 6. The van der Waals surface area contributed by atoms with Crippen LogP contribution in [0, 0.1) is 0 Å². The molecule has 0 radical (unpaired) electrons. The number of nitrogens with one attached hydrogen (secondary N) is 3. The molecule has 2 aromatic heterocycles. The van der Waals surface area contributed by atoms with Gasteiger partial charge in [-0.1, -0.05) is 24.3 Å². The van der Waals surface area contributed by atoms with Crippen molar-refractivity contribution >= 4 is 5.91 Å². The fourth-order valence-electron chi connectivity index (χ4n) is 2.39. The number of carbonyl (C=O) groups is 1. The number of hydrogen-bond acceptors (Lipinski definition) is 6. The smallest absolute Gasteiger partial charge is 0.242 e. The van der Waals surface area contributed by atoms with Crippen LogP contribution in [0.5, 0.6) is 0 Å². The molecule has 0 aliphatic rings. The van der Waals surface area contributed by atoms with Gasteiger partial charge in [0.05, 0.1) is 6.20 Å². The third kappa shape index (κ3) is 3.46. The molecule has 0 saturated heterocycles. The average Bonchev–Trinajstić information content (AvgIpc) is 3.26. The van der Waals surface area contributed by atoms with Gasteiger partial charge in [0.2, 0.25) is 11.7 Å². The van der Waals surface area contributed by atoms with Crippen LogP contribution in [0.25, 0.3) is 11.4 Å². The molecule has 0 bridgehead atoms. The third-order valence-corrected chi connectivity index (χ3v) is 3.63. The lowest BCUT2D eigenvalue weighted by Crippen LogP contribution is -2.35.